The van der Waals surface area contributed by atoms with Crippen LogP contribution in [0.3, 0.4) is 0 Å². The van der Waals surface area contributed by atoms with E-state index in [0.29, 0.717) is 0 Å². The number of anilines is 1. The number of rotatable bonds is 6. The second-order valence-electron chi connectivity index (χ2n) is 6.05. The van der Waals surface area contributed by atoms with Crippen LogP contribution in [0.2, 0.25) is 0 Å². The third-order valence-electron chi connectivity index (χ3n) is 4.24. The van der Waals surface area contributed by atoms with E-state index in [1.54, 1.807) is 0 Å². The van der Waals surface area contributed by atoms with Crippen molar-refractivity contribution in [1.29, 1.82) is 0 Å². The standard InChI is InChI=1S/C15H24N4/c1-19(11-12-4-2-3-5-12)15-10-17-14(9-18-15)8-16-13-6-7-13/h9-10,12-13,16H,2-8,11H2,1H3. The van der Waals surface area contributed by atoms with Gasteiger partial charge in [0.2, 0.25) is 0 Å². The number of nitrogens with zero attached hydrogens (tertiary/aromatic N) is 3. The van der Waals surface area contributed by atoms with Crippen LogP contribution < -0.4 is 10.2 Å². The highest BCUT2D eigenvalue weighted by atomic mass is 15.2. The third-order valence-corrected chi connectivity index (χ3v) is 4.24. The van der Waals surface area contributed by atoms with Gasteiger partial charge in [0, 0.05) is 26.2 Å². The molecule has 0 radical (unpaired) electrons. The normalized spacial score (nSPS) is 19.8. The van der Waals surface area contributed by atoms with Crippen LogP contribution in [0.4, 0.5) is 5.82 Å². The molecule has 0 aromatic carbocycles. The zero-order chi connectivity index (χ0) is 13.1. The first-order chi connectivity index (χ1) is 9.31. The summed E-state index contributed by atoms with van der Waals surface area (Å²) in [6.45, 7) is 1.97. The van der Waals surface area contributed by atoms with E-state index in [-0.39, 0.29) is 0 Å². The molecule has 0 amide bonds. The maximum atomic E-state index is 4.54. The molecule has 2 aliphatic carbocycles. The SMILES string of the molecule is CN(CC1CCCC1)c1cnc(CNC2CC2)cn1. The first kappa shape index (κ1) is 12.9. The van der Waals surface area contributed by atoms with Crippen LogP contribution in [0.15, 0.2) is 12.4 Å². The molecule has 1 aromatic rings. The number of aromatic nitrogens is 2. The average molecular weight is 260 g/mol. The molecule has 104 valence electrons. The first-order valence-electron chi connectivity index (χ1n) is 7.57. The Kier molecular flexibility index (Phi) is 3.97. The summed E-state index contributed by atoms with van der Waals surface area (Å²) >= 11 is 0. The largest absolute Gasteiger partial charge is 0.358 e. The van der Waals surface area contributed by atoms with Gasteiger partial charge in [-0.15, -0.1) is 0 Å². The van der Waals surface area contributed by atoms with Gasteiger partial charge in [-0.25, -0.2) is 4.98 Å². The van der Waals surface area contributed by atoms with Gasteiger partial charge in [-0.05, 0) is 31.6 Å². The molecule has 1 heterocycles. The van der Waals surface area contributed by atoms with Crippen molar-refractivity contribution >= 4 is 5.82 Å². The Morgan fingerprint density at radius 2 is 1.95 bits per heavy atom. The molecule has 3 rings (SSSR count). The van der Waals surface area contributed by atoms with Gasteiger partial charge in [0.05, 0.1) is 18.1 Å². The van der Waals surface area contributed by atoms with Gasteiger partial charge in [-0.1, -0.05) is 12.8 Å². The molecule has 0 unspecified atom stereocenters. The lowest BCUT2D eigenvalue weighted by molar-refractivity contribution is 0.544. The van der Waals surface area contributed by atoms with Crippen LogP contribution in [0.5, 0.6) is 0 Å². The van der Waals surface area contributed by atoms with Crippen molar-refractivity contribution in [2.75, 3.05) is 18.5 Å². The fourth-order valence-electron chi connectivity index (χ4n) is 2.85. The van der Waals surface area contributed by atoms with Gasteiger partial charge in [-0.3, -0.25) is 4.98 Å². The molecule has 0 saturated heterocycles. The maximum Gasteiger partial charge on any atom is 0.146 e. The second-order valence-corrected chi connectivity index (χ2v) is 6.05. The highest BCUT2D eigenvalue weighted by Crippen LogP contribution is 2.26. The van der Waals surface area contributed by atoms with Crippen LogP contribution in [-0.2, 0) is 6.54 Å². The molecule has 0 spiro atoms. The minimum Gasteiger partial charge on any atom is -0.358 e. The summed E-state index contributed by atoms with van der Waals surface area (Å²) in [4.78, 5) is 11.3. The van der Waals surface area contributed by atoms with Crippen molar-refractivity contribution in [2.24, 2.45) is 5.92 Å². The molecule has 4 heteroatoms. The summed E-state index contributed by atoms with van der Waals surface area (Å²) in [6, 6.07) is 0.728. The highest BCUT2D eigenvalue weighted by molar-refractivity contribution is 5.34. The molecule has 0 bridgehead atoms. The lowest BCUT2D eigenvalue weighted by Crippen LogP contribution is -2.25. The maximum absolute atomic E-state index is 4.54. The molecule has 4 nitrogen and oxygen atoms in total. The topological polar surface area (TPSA) is 41.1 Å². The van der Waals surface area contributed by atoms with E-state index in [1.807, 2.05) is 12.4 Å². The molecular weight excluding hydrogens is 236 g/mol. The molecule has 2 aliphatic rings. The monoisotopic (exact) mass is 260 g/mol. The van der Waals surface area contributed by atoms with Gasteiger partial charge in [0.15, 0.2) is 0 Å². The van der Waals surface area contributed by atoms with Crippen LogP contribution in [0, 0.1) is 5.92 Å². The Morgan fingerprint density at radius 1 is 1.16 bits per heavy atom. The van der Waals surface area contributed by atoms with Crippen LogP contribution >= 0.6 is 0 Å². The molecule has 0 aliphatic heterocycles. The predicted molar refractivity (Wildman–Crippen MR) is 77.1 cm³/mol. The van der Waals surface area contributed by atoms with Crippen molar-refractivity contribution in [3.05, 3.63) is 18.1 Å². The number of hydrogen-bond acceptors (Lipinski definition) is 4. The minimum atomic E-state index is 0.728. The predicted octanol–water partition coefficient (Wildman–Crippen LogP) is 2.36. The number of nitrogens with one attached hydrogen (secondary N) is 1. The van der Waals surface area contributed by atoms with Crippen molar-refractivity contribution < 1.29 is 0 Å². The van der Waals surface area contributed by atoms with E-state index in [4.69, 9.17) is 0 Å². The zero-order valence-corrected chi connectivity index (χ0v) is 11.8. The highest BCUT2D eigenvalue weighted by Gasteiger charge is 2.20. The van der Waals surface area contributed by atoms with Gasteiger partial charge in [0.1, 0.15) is 5.82 Å². The molecule has 0 atom stereocenters. The molecule has 2 saturated carbocycles. The lowest BCUT2D eigenvalue weighted by atomic mass is 10.1. The Labute approximate surface area is 115 Å². The van der Waals surface area contributed by atoms with E-state index >= 15 is 0 Å². The Bertz CT molecular complexity index is 393. The van der Waals surface area contributed by atoms with E-state index < -0.39 is 0 Å². The third kappa shape index (κ3) is 3.66. The first-order valence-corrected chi connectivity index (χ1v) is 7.57. The fraction of sp³-hybridized carbons (Fsp3) is 0.733. The van der Waals surface area contributed by atoms with E-state index in [0.717, 1.165) is 36.6 Å². The molecule has 19 heavy (non-hydrogen) atoms. The summed E-state index contributed by atoms with van der Waals surface area (Å²) < 4.78 is 0. The Hall–Kier alpha value is -1.16. The van der Waals surface area contributed by atoms with E-state index in [1.165, 1.54) is 38.5 Å². The number of hydrogen-bond donors (Lipinski definition) is 1. The van der Waals surface area contributed by atoms with Gasteiger partial charge < -0.3 is 10.2 Å². The van der Waals surface area contributed by atoms with E-state index in [2.05, 4.69) is 27.2 Å². The van der Waals surface area contributed by atoms with Gasteiger partial charge in [-0.2, -0.15) is 0 Å². The van der Waals surface area contributed by atoms with Crippen molar-refractivity contribution in [3.8, 4) is 0 Å². The molecule has 1 N–H and O–H groups in total. The van der Waals surface area contributed by atoms with Gasteiger partial charge >= 0.3 is 0 Å². The second kappa shape index (κ2) is 5.87. The van der Waals surface area contributed by atoms with Crippen molar-refractivity contribution in [1.82, 2.24) is 15.3 Å². The Balaban J connectivity index is 1.51. The van der Waals surface area contributed by atoms with Crippen molar-refractivity contribution in [3.63, 3.8) is 0 Å². The average Bonchev–Trinajstić information content (AvgIpc) is 3.13. The lowest BCUT2D eigenvalue weighted by Gasteiger charge is -2.21. The fourth-order valence-corrected chi connectivity index (χ4v) is 2.85. The smallest absolute Gasteiger partial charge is 0.146 e. The summed E-state index contributed by atoms with van der Waals surface area (Å²) in [6.07, 6.45) is 12.0. The molecule has 2 fully saturated rings. The van der Waals surface area contributed by atoms with Crippen LogP contribution in [0.1, 0.15) is 44.2 Å². The van der Waals surface area contributed by atoms with Gasteiger partial charge in [0.25, 0.3) is 0 Å². The minimum absolute atomic E-state index is 0.728. The summed E-state index contributed by atoms with van der Waals surface area (Å²) in [5, 5.41) is 3.46. The Morgan fingerprint density at radius 3 is 2.58 bits per heavy atom. The zero-order valence-electron chi connectivity index (χ0n) is 11.8. The molecular formula is C15H24N4. The molecule has 1 aromatic heterocycles. The van der Waals surface area contributed by atoms with Crippen molar-refractivity contribution in [2.45, 2.75) is 51.1 Å². The summed E-state index contributed by atoms with van der Waals surface area (Å²) in [7, 11) is 2.13. The summed E-state index contributed by atoms with van der Waals surface area (Å²) in [5.74, 6) is 1.85. The van der Waals surface area contributed by atoms with Crippen LogP contribution in [0.25, 0.3) is 0 Å². The van der Waals surface area contributed by atoms with Crippen LogP contribution in [-0.4, -0.2) is 29.6 Å². The summed E-state index contributed by atoms with van der Waals surface area (Å²) in [5.41, 5.74) is 1.05. The quantitative estimate of drug-likeness (QED) is 0.852. The van der Waals surface area contributed by atoms with E-state index in [9.17, 15) is 0 Å².